The van der Waals surface area contributed by atoms with Crippen molar-refractivity contribution < 1.29 is 19.1 Å². The molecule has 0 bridgehead atoms. The van der Waals surface area contributed by atoms with Crippen LogP contribution >= 0.6 is 0 Å². The molecule has 2 saturated carbocycles. The van der Waals surface area contributed by atoms with E-state index in [9.17, 15) is 14.4 Å². The molecule has 5 rings (SSSR count). The molecule has 37 heavy (non-hydrogen) atoms. The van der Waals surface area contributed by atoms with Gasteiger partial charge in [0.05, 0.1) is 24.0 Å². The Labute approximate surface area is 217 Å². The van der Waals surface area contributed by atoms with Crippen LogP contribution in [0.1, 0.15) is 64.0 Å². The number of ether oxygens (including phenoxy) is 1. The maximum Gasteiger partial charge on any atom is 0.413 e. The third-order valence-electron chi connectivity index (χ3n) is 7.65. The number of nitrogens with one attached hydrogen (secondary N) is 2. The summed E-state index contributed by atoms with van der Waals surface area (Å²) in [6, 6.07) is 9.02. The zero-order valence-electron chi connectivity index (χ0n) is 21.5. The topological polar surface area (TPSA) is 104 Å². The molecule has 3 unspecified atom stereocenters. The van der Waals surface area contributed by atoms with Gasteiger partial charge in [0.1, 0.15) is 12.3 Å². The SMILES string of the molecule is CC(NC(=O)Oc1ccc2c(c1)N(C(=O)CNC1CCCCC1C)CC(=O)N2C1CC1)c1ccncc1. The van der Waals surface area contributed by atoms with Crippen LogP contribution in [0.2, 0.25) is 0 Å². The number of carbonyl (C=O) groups excluding carboxylic acids is 3. The summed E-state index contributed by atoms with van der Waals surface area (Å²) in [5, 5.41) is 6.25. The molecule has 2 N–H and O–H groups in total. The number of hydrogen-bond acceptors (Lipinski definition) is 6. The van der Waals surface area contributed by atoms with Crippen molar-refractivity contribution >= 4 is 29.3 Å². The van der Waals surface area contributed by atoms with Crippen LogP contribution in [0.15, 0.2) is 42.7 Å². The second kappa shape index (κ2) is 10.9. The van der Waals surface area contributed by atoms with E-state index in [4.69, 9.17) is 4.74 Å². The van der Waals surface area contributed by atoms with Gasteiger partial charge in [-0.1, -0.05) is 19.8 Å². The van der Waals surface area contributed by atoms with Crippen molar-refractivity contribution in [2.45, 2.75) is 70.5 Å². The lowest BCUT2D eigenvalue weighted by molar-refractivity contribution is -0.122. The minimum absolute atomic E-state index is 0.0149. The predicted molar refractivity (Wildman–Crippen MR) is 141 cm³/mol. The summed E-state index contributed by atoms with van der Waals surface area (Å²) in [7, 11) is 0. The summed E-state index contributed by atoms with van der Waals surface area (Å²) in [6.45, 7) is 4.24. The first-order chi connectivity index (χ1) is 17.9. The van der Waals surface area contributed by atoms with Crippen LogP contribution < -0.4 is 25.2 Å². The highest BCUT2D eigenvalue weighted by Gasteiger charge is 2.41. The van der Waals surface area contributed by atoms with Gasteiger partial charge in [-0.15, -0.1) is 0 Å². The third-order valence-corrected chi connectivity index (χ3v) is 7.65. The van der Waals surface area contributed by atoms with Gasteiger partial charge in [-0.2, -0.15) is 0 Å². The monoisotopic (exact) mass is 505 g/mol. The van der Waals surface area contributed by atoms with E-state index in [1.54, 1.807) is 35.5 Å². The van der Waals surface area contributed by atoms with Gasteiger partial charge in [0.25, 0.3) is 0 Å². The number of pyridine rings is 1. The van der Waals surface area contributed by atoms with Crippen molar-refractivity contribution in [2.24, 2.45) is 5.92 Å². The minimum Gasteiger partial charge on any atom is -0.410 e. The molecule has 0 saturated heterocycles. The van der Waals surface area contributed by atoms with Gasteiger partial charge in [0.2, 0.25) is 11.8 Å². The first-order valence-electron chi connectivity index (χ1n) is 13.3. The molecule has 2 aromatic rings. The minimum atomic E-state index is -0.596. The molecule has 196 valence electrons. The standard InChI is InChI=1S/C28H35N5O4/c1-18-5-3-4-6-23(18)30-16-26(34)32-17-27(35)33(21-7-8-21)24-10-9-22(15-25(24)32)37-28(36)31-19(2)20-11-13-29-14-12-20/h9-15,18-19,21,23,30H,3-8,16-17H2,1-2H3,(H,31,36). The van der Waals surface area contributed by atoms with Crippen molar-refractivity contribution in [2.75, 3.05) is 22.9 Å². The zero-order chi connectivity index (χ0) is 25.9. The first-order valence-corrected chi connectivity index (χ1v) is 13.3. The molecule has 9 nitrogen and oxygen atoms in total. The largest absolute Gasteiger partial charge is 0.413 e. The van der Waals surface area contributed by atoms with Crippen molar-refractivity contribution in [3.05, 3.63) is 48.3 Å². The number of rotatable bonds is 7. The van der Waals surface area contributed by atoms with Gasteiger partial charge in [-0.05, 0) is 68.4 Å². The Morgan fingerprint density at radius 1 is 1.08 bits per heavy atom. The van der Waals surface area contributed by atoms with E-state index in [1.807, 2.05) is 19.1 Å². The van der Waals surface area contributed by atoms with Gasteiger partial charge in [-0.3, -0.25) is 19.5 Å². The van der Waals surface area contributed by atoms with E-state index in [1.165, 1.54) is 17.7 Å². The van der Waals surface area contributed by atoms with Gasteiger partial charge in [0.15, 0.2) is 0 Å². The quantitative estimate of drug-likeness (QED) is 0.591. The Hall–Kier alpha value is -3.46. The fourth-order valence-electron chi connectivity index (χ4n) is 5.36. The Bertz CT molecular complexity index is 1150. The summed E-state index contributed by atoms with van der Waals surface area (Å²) in [5.74, 6) is 0.605. The Morgan fingerprint density at radius 2 is 1.84 bits per heavy atom. The smallest absolute Gasteiger partial charge is 0.410 e. The second-order valence-electron chi connectivity index (χ2n) is 10.4. The van der Waals surface area contributed by atoms with Gasteiger partial charge < -0.3 is 20.3 Å². The maximum absolute atomic E-state index is 13.4. The average Bonchev–Trinajstić information content (AvgIpc) is 3.73. The lowest BCUT2D eigenvalue weighted by Crippen LogP contribution is -2.52. The molecule has 2 aliphatic carbocycles. The highest BCUT2D eigenvalue weighted by molar-refractivity contribution is 6.12. The van der Waals surface area contributed by atoms with Gasteiger partial charge >= 0.3 is 6.09 Å². The summed E-state index contributed by atoms with van der Waals surface area (Å²) < 4.78 is 5.59. The highest BCUT2D eigenvalue weighted by atomic mass is 16.6. The zero-order valence-corrected chi connectivity index (χ0v) is 21.5. The van der Waals surface area contributed by atoms with Crippen molar-refractivity contribution in [1.82, 2.24) is 15.6 Å². The molecule has 0 spiro atoms. The van der Waals surface area contributed by atoms with Crippen LogP contribution in [-0.4, -0.2) is 48.1 Å². The number of hydrogen-bond donors (Lipinski definition) is 2. The first kappa shape index (κ1) is 25.2. The Morgan fingerprint density at radius 3 is 2.57 bits per heavy atom. The van der Waals surface area contributed by atoms with E-state index in [0.717, 1.165) is 31.2 Å². The molecule has 0 radical (unpaired) electrons. The maximum atomic E-state index is 13.4. The van der Waals surface area contributed by atoms with E-state index in [-0.39, 0.29) is 37.0 Å². The molecule has 3 amide bonds. The molecular formula is C28H35N5O4. The summed E-state index contributed by atoms with van der Waals surface area (Å²) >= 11 is 0. The van der Waals surface area contributed by atoms with Crippen LogP contribution in [0.5, 0.6) is 5.75 Å². The van der Waals surface area contributed by atoms with Crippen LogP contribution in [0.25, 0.3) is 0 Å². The highest BCUT2D eigenvalue weighted by Crippen LogP contribution is 2.42. The molecule has 3 atom stereocenters. The van der Waals surface area contributed by atoms with E-state index >= 15 is 0 Å². The van der Waals surface area contributed by atoms with Crippen molar-refractivity contribution in [3.63, 3.8) is 0 Å². The molecular weight excluding hydrogens is 470 g/mol. The number of aromatic nitrogens is 1. The second-order valence-corrected chi connectivity index (χ2v) is 10.4. The van der Waals surface area contributed by atoms with E-state index in [0.29, 0.717) is 29.1 Å². The lowest BCUT2D eigenvalue weighted by atomic mass is 9.86. The molecule has 3 aliphatic rings. The fourth-order valence-corrected chi connectivity index (χ4v) is 5.36. The number of benzene rings is 1. The van der Waals surface area contributed by atoms with E-state index < -0.39 is 6.09 Å². The van der Waals surface area contributed by atoms with Crippen LogP contribution in [0, 0.1) is 5.92 Å². The summed E-state index contributed by atoms with van der Waals surface area (Å²) in [4.78, 5) is 46.3. The van der Waals surface area contributed by atoms with Crippen molar-refractivity contribution in [3.8, 4) is 5.75 Å². The van der Waals surface area contributed by atoms with Crippen LogP contribution in [0.3, 0.4) is 0 Å². The normalized spacial score (nSPS) is 22.3. The molecule has 2 fully saturated rings. The Kier molecular flexibility index (Phi) is 7.41. The number of anilines is 2. The number of carbonyl (C=O) groups is 3. The predicted octanol–water partition coefficient (Wildman–Crippen LogP) is 3.94. The number of nitrogens with zero attached hydrogens (tertiary/aromatic N) is 3. The fraction of sp³-hybridized carbons (Fsp3) is 0.500. The van der Waals surface area contributed by atoms with Crippen LogP contribution in [0.4, 0.5) is 16.2 Å². The van der Waals surface area contributed by atoms with E-state index in [2.05, 4.69) is 22.5 Å². The molecule has 1 aliphatic heterocycles. The summed E-state index contributed by atoms with van der Waals surface area (Å²) in [6.07, 6.45) is 9.27. The molecule has 9 heteroatoms. The number of amides is 3. The molecule has 1 aromatic heterocycles. The average molecular weight is 506 g/mol. The Balaban J connectivity index is 1.32. The summed E-state index contributed by atoms with van der Waals surface area (Å²) in [5.41, 5.74) is 2.20. The van der Waals surface area contributed by atoms with Gasteiger partial charge in [-0.25, -0.2) is 4.79 Å². The van der Waals surface area contributed by atoms with Crippen molar-refractivity contribution in [1.29, 1.82) is 0 Å². The number of fused-ring (bicyclic) bond motifs is 1. The van der Waals surface area contributed by atoms with Crippen LogP contribution in [-0.2, 0) is 9.59 Å². The van der Waals surface area contributed by atoms with Gasteiger partial charge in [0, 0.05) is 30.5 Å². The molecule has 2 heterocycles. The lowest BCUT2D eigenvalue weighted by Gasteiger charge is -2.37. The molecule has 1 aromatic carbocycles. The third kappa shape index (κ3) is 5.77.